The summed E-state index contributed by atoms with van der Waals surface area (Å²) in [5.74, 6) is 0.736. The molecule has 0 saturated carbocycles. The average Bonchev–Trinajstić information content (AvgIpc) is 2.96. The molecule has 3 N–H and O–H groups in total. The van der Waals surface area contributed by atoms with Gasteiger partial charge in [0, 0.05) is 12.6 Å². The lowest BCUT2D eigenvalue weighted by Gasteiger charge is -2.14. The molecule has 7 heteroatoms. The van der Waals surface area contributed by atoms with Crippen LogP contribution in [-0.4, -0.2) is 15.5 Å². The third kappa shape index (κ3) is 3.82. The summed E-state index contributed by atoms with van der Waals surface area (Å²) in [6.45, 7) is 2.14. The van der Waals surface area contributed by atoms with Gasteiger partial charge in [0.2, 0.25) is 0 Å². The Kier molecular flexibility index (Phi) is 5.00. The van der Waals surface area contributed by atoms with Crippen molar-refractivity contribution in [3.05, 3.63) is 46.8 Å². The van der Waals surface area contributed by atoms with E-state index in [0.717, 1.165) is 16.9 Å². The van der Waals surface area contributed by atoms with Gasteiger partial charge in [-0.25, -0.2) is 13.1 Å². The Labute approximate surface area is 128 Å². The fourth-order valence-electron chi connectivity index (χ4n) is 1.85. The molecule has 0 radical (unpaired) electrons. The van der Waals surface area contributed by atoms with E-state index in [1.54, 1.807) is 37.6 Å². The van der Waals surface area contributed by atoms with E-state index in [2.05, 4.69) is 4.72 Å². The second kappa shape index (κ2) is 6.57. The van der Waals surface area contributed by atoms with Crippen LogP contribution >= 0.6 is 11.3 Å². The van der Waals surface area contributed by atoms with Crippen LogP contribution in [-0.2, 0) is 16.6 Å². The number of sulfonamides is 1. The molecule has 2 rings (SSSR count). The van der Waals surface area contributed by atoms with Crippen molar-refractivity contribution in [2.24, 2.45) is 5.73 Å². The molecule has 21 heavy (non-hydrogen) atoms. The molecule has 0 amide bonds. The van der Waals surface area contributed by atoms with Crippen molar-refractivity contribution in [1.29, 1.82) is 0 Å². The molecule has 1 aromatic heterocycles. The summed E-state index contributed by atoms with van der Waals surface area (Å²) >= 11 is 1.17. The normalized spacial score (nSPS) is 13.1. The number of benzene rings is 1. The van der Waals surface area contributed by atoms with Gasteiger partial charge >= 0.3 is 0 Å². The van der Waals surface area contributed by atoms with Gasteiger partial charge < -0.3 is 10.5 Å². The zero-order valence-electron chi connectivity index (χ0n) is 11.9. The molecule has 0 aliphatic rings. The molecule has 114 valence electrons. The van der Waals surface area contributed by atoms with Crippen molar-refractivity contribution >= 4 is 21.4 Å². The highest BCUT2D eigenvalue weighted by atomic mass is 32.2. The first-order valence-electron chi connectivity index (χ1n) is 6.40. The monoisotopic (exact) mass is 326 g/mol. The Morgan fingerprint density at radius 1 is 1.33 bits per heavy atom. The highest BCUT2D eigenvalue weighted by Gasteiger charge is 2.20. The number of nitrogens with two attached hydrogens (primary N) is 1. The second-order valence-electron chi connectivity index (χ2n) is 4.59. The first kappa shape index (κ1) is 16.0. The number of rotatable bonds is 6. The van der Waals surface area contributed by atoms with E-state index >= 15 is 0 Å². The molecule has 0 spiro atoms. The Bertz CT molecular complexity index is 693. The molecule has 1 heterocycles. The molecule has 0 bridgehead atoms. The minimum Gasteiger partial charge on any atom is -0.497 e. The van der Waals surface area contributed by atoms with Crippen LogP contribution in [0.2, 0.25) is 0 Å². The van der Waals surface area contributed by atoms with E-state index in [1.165, 1.54) is 11.3 Å². The van der Waals surface area contributed by atoms with Gasteiger partial charge in [0.15, 0.2) is 0 Å². The van der Waals surface area contributed by atoms with Crippen molar-refractivity contribution in [3.8, 4) is 5.75 Å². The van der Waals surface area contributed by atoms with Crippen LogP contribution in [0.15, 0.2) is 39.9 Å². The Balaban J connectivity index is 2.14. The average molecular weight is 326 g/mol. The van der Waals surface area contributed by atoms with Gasteiger partial charge in [-0.05, 0) is 41.6 Å². The number of ether oxygens (including phenoxy) is 1. The van der Waals surface area contributed by atoms with Crippen LogP contribution in [0.25, 0.3) is 0 Å². The molecule has 0 aliphatic carbocycles. The maximum Gasteiger partial charge on any atom is 0.250 e. The highest BCUT2D eigenvalue weighted by Crippen LogP contribution is 2.23. The lowest BCUT2D eigenvalue weighted by Crippen LogP contribution is -2.26. The number of hydrogen-bond acceptors (Lipinski definition) is 5. The summed E-state index contributed by atoms with van der Waals surface area (Å²) in [7, 11) is -1.94. The van der Waals surface area contributed by atoms with Gasteiger partial charge in [-0.1, -0.05) is 12.1 Å². The predicted molar refractivity (Wildman–Crippen MR) is 83.9 cm³/mol. The van der Waals surface area contributed by atoms with E-state index in [1.807, 2.05) is 12.1 Å². The fourth-order valence-corrected chi connectivity index (χ4v) is 4.32. The van der Waals surface area contributed by atoms with Crippen LogP contribution in [0.4, 0.5) is 0 Å². The molecule has 0 saturated heterocycles. The largest absolute Gasteiger partial charge is 0.497 e. The van der Waals surface area contributed by atoms with Gasteiger partial charge in [0.05, 0.1) is 7.11 Å². The third-order valence-corrected chi connectivity index (χ3v) is 6.11. The van der Waals surface area contributed by atoms with Crippen LogP contribution in [0, 0.1) is 0 Å². The number of methoxy groups -OCH3 is 1. The van der Waals surface area contributed by atoms with Crippen molar-refractivity contribution in [3.63, 3.8) is 0 Å². The minimum absolute atomic E-state index is 0.281. The zero-order valence-corrected chi connectivity index (χ0v) is 13.5. The number of hydrogen-bond donors (Lipinski definition) is 2. The van der Waals surface area contributed by atoms with E-state index in [0.29, 0.717) is 6.54 Å². The zero-order chi connectivity index (χ0) is 15.5. The molecule has 1 atom stereocenters. The third-order valence-electron chi connectivity index (χ3n) is 3.08. The Morgan fingerprint density at radius 3 is 2.52 bits per heavy atom. The number of thiophene rings is 1. The molecule has 0 aliphatic heterocycles. The van der Waals surface area contributed by atoms with Gasteiger partial charge in [0.1, 0.15) is 9.96 Å². The maximum absolute atomic E-state index is 12.3. The van der Waals surface area contributed by atoms with Crippen LogP contribution in [0.5, 0.6) is 5.75 Å². The second-order valence-corrected chi connectivity index (χ2v) is 7.45. The lowest BCUT2D eigenvalue weighted by atomic mass is 10.1. The molecule has 5 nitrogen and oxygen atoms in total. The molecular weight excluding hydrogens is 308 g/mol. The van der Waals surface area contributed by atoms with Gasteiger partial charge in [-0.3, -0.25) is 0 Å². The van der Waals surface area contributed by atoms with Crippen molar-refractivity contribution in [1.82, 2.24) is 4.72 Å². The summed E-state index contributed by atoms with van der Waals surface area (Å²) < 4.78 is 32.6. The first-order chi connectivity index (χ1) is 9.96. The molecule has 2 aromatic rings. The lowest BCUT2D eigenvalue weighted by molar-refractivity contribution is 0.414. The van der Waals surface area contributed by atoms with Crippen LogP contribution in [0.3, 0.4) is 0 Å². The smallest absolute Gasteiger partial charge is 0.250 e. The molecule has 1 aromatic carbocycles. The van der Waals surface area contributed by atoms with Crippen LogP contribution in [0.1, 0.15) is 24.1 Å². The van der Waals surface area contributed by atoms with Gasteiger partial charge in [-0.15, -0.1) is 11.3 Å². The molecule has 0 fully saturated rings. The van der Waals surface area contributed by atoms with Gasteiger partial charge in [-0.2, -0.15) is 0 Å². The summed E-state index contributed by atoms with van der Waals surface area (Å²) in [5, 5.41) is 1.76. The SMILES string of the molecule is COc1ccc(C(C)NS(=O)(=O)c2cc(CN)cs2)cc1. The van der Waals surface area contributed by atoms with E-state index < -0.39 is 10.0 Å². The van der Waals surface area contributed by atoms with Crippen molar-refractivity contribution in [2.75, 3.05) is 7.11 Å². The molecular formula is C14H18N2O3S2. The standard InChI is InChI=1S/C14H18N2O3S2/c1-10(12-3-5-13(19-2)6-4-12)16-21(17,18)14-7-11(8-15)9-20-14/h3-7,9-10,16H,8,15H2,1-2H3. The van der Waals surface area contributed by atoms with E-state index in [-0.39, 0.29) is 10.3 Å². The topological polar surface area (TPSA) is 81.4 Å². The van der Waals surface area contributed by atoms with Crippen LogP contribution < -0.4 is 15.2 Å². The minimum atomic E-state index is -3.53. The highest BCUT2D eigenvalue weighted by molar-refractivity contribution is 7.91. The van der Waals surface area contributed by atoms with Crippen molar-refractivity contribution in [2.45, 2.75) is 23.7 Å². The van der Waals surface area contributed by atoms with Gasteiger partial charge in [0.25, 0.3) is 10.0 Å². The Morgan fingerprint density at radius 2 is 2.00 bits per heavy atom. The number of nitrogens with one attached hydrogen (secondary N) is 1. The summed E-state index contributed by atoms with van der Waals surface area (Å²) in [6.07, 6.45) is 0. The summed E-state index contributed by atoms with van der Waals surface area (Å²) in [4.78, 5) is 0. The van der Waals surface area contributed by atoms with E-state index in [9.17, 15) is 8.42 Å². The van der Waals surface area contributed by atoms with Crippen molar-refractivity contribution < 1.29 is 13.2 Å². The Hall–Kier alpha value is -1.41. The first-order valence-corrected chi connectivity index (χ1v) is 8.76. The maximum atomic E-state index is 12.3. The summed E-state index contributed by atoms with van der Waals surface area (Å²) in [5.41, 5.74) is 7.19. The quantitative estimate of drug-likeness (QED) is 0.853. The summed E-state index contributed by atoms with van der Waals surface area (Å²) in [6, 6.07) is 8.56. The molecule has 1 unspecified atom stereocenters. The van der Waals surface area contributed by atoms with E-state index in [4.69, 9.17) is 10.5 Å². The fraction of sp³-hybridized carbons (Fsp3) is 0.286. The predicted octanol–water partition coefficient (Wildman–Crippen LogP) is 2.25.